The van der Waals surface area contributed by atoms with Crippen LogP contribution in [0.25, 0.3) is 0 Å². The van der Waals surface area contributed by atoms with Crippen molar-refractivity contribution < 1.29 is 18.3 Å². The molecule has 0 aliphatic carbocycles. The number of aliphatic hydroxyl groups is 1. The Bertz CT molecular complexity index is 581. The summed E-state index contributed by atoms with van der Waals surface area (Å²) in [6.45, 7) is 0. The molecule has 0 spiro atoms. The Kier molecular flexibility index (Phi) is 4.27. The minimum atomic E-state index is -1.02. The van der Waals surface area contributed by atoms with Crippen molar-refractivity contribution in [3.05, 3.63) is 69.4 Å². The molecule has 0 aliphatic heterocycles. The van der Waals surface area contributed by atoms with Crippen LogP contribution in [-0.4, -0.2) is 5.11 Å². The lowest BCUT2D eigenvalue weighted by atomic mass is 10.0. The third kappa shape index (κ3) is 3.58. The summed E-state index contributed by atoms with van der Waals surface area (Å²) in [5.41, 5.74) is 0.665. The summed E-state index contributed by atoms with van der Waals surface area (Å²) in [5, 5.41) is 9.94. The first-order valence-electron chi connectivity index (χ1n) is 5.53. The highest BCUT2D eigenvalue weighted by Gasteiger charge is 2.12. The minimum Gasteiger partial charge on any atom is -0.388 e. The van der Waals surface area contributed by atoms with E-state index >= 15 is 0 Å². The molecular formula is C14H10BrF3O. The lowest BCUT2D eigenvalue weighted by Crippen LogP contribution is -2.03. The van der Waals surface area contributed by atoms with Crippen molar-refractivity contribution in [2.24, 2.45) is 0 Å². The first kappa shape index (κ1) is 14.1. The van der Waals surface area contributed by atoms with E-state index in [0.29, 0.717) is 15.6 Å². The number of aliphatic hydroxyl groups excluding tert-OH is 1. The van der Waals surface area contributed by atoms with Crippen LogP contribution in [0.5, 0.6) is 0 Å². The third-order valence-corrected chi connectivity index (χ3v) is 3.32. The van der Waals surface area contributed by atoms with E-state index < -0.39 is 23.6 Å². The molecule has 2 rings (SSSR count). The summed E-state index contributed by atoms with van der Waals surface area (Å²) in [4.78, 5) is 0. The Labute approximate surface area is 116 Å². The molecule has 0 fully saturated rings. The molecule has 2 aromatic carbocycles. The third-order valence-electron chi connectivity index (χ3n) is 2.68. The van der Waals surface area contributed by atoms with Gasteiger partial charge in [-0.2, -0.15) is 0 Å². The van der Waals surface area contributed by atoms with Gasteiger partial charge in [0, 0.05) is 12.5 Å². The maximum Gasteiger partial charge on any atom is 0.137 e. The van der Waals surface area contributed by atoms with Crippen molar-refractivity contribution in [1.82, 2.24) is 0 Å². The van der Waals surface area contributed by atoms with Crippen LogP contribution in [0.1, 0.15) is 17.2 Å². The molecule has 0 radical (unpaired) electrons. The molecule has 100 valence electrons. The minimum absolute atomic E-state index is 0.00967. The number of rotatable bonds is 3. The maximum absolute atomic E-state index is 13.3. The van der Waals surface area contributed by atoms with Crippen LogP contribution >= 0.6 is 15.9 Å². The standard InChI is InChI=1S/C14H10BrF3O/c15-12-2-1-9(6-13(12)18)14(19)5-8-3-10(16)7-11(17)4-8/h1-4,6-7,14,19H,5H2. The van der Waals surface area contributed by atoms with Crippen molar-refractivity contribution in [3.63, 3.8) is 0 Å². The number of hydrogen-bond donors (Lipinski definition) is 1. The Morgan fingerprint density at radius 2 is 1.63 bits per heavy atom. The molecule has 1 N–H and O–H groups in total. The van der Waals surface area contributed by atoms with E-state index in [1.54, 1.807) is 6.07 Å². The molecule has 5 heteroatoms. The van der Waals surface area contributed by atoms with Crippen LogP contribution in [-0.2, 0) is 6.42 Å². The highest BCUT2D eigenvalue weighted by atomic mass is 79.9. The van der Waals surface area contributed by atoms with Gasteiger partial charge in [0.25, 0.3) is 0 Å². The first-order chi connectivity index (χ1) is 8.95. The summed E-state index contributed by atoms with van der Waals surface area (Å²) >= 11 is 3.01. The zero-order valence-corrected chi connectivity index (χ0v) is 11.3. The van der Waals surface area contributed by atoms with Gasteiger partial charge < -0.3 is 5.11 Å². The van der Waals surface area contributed by atoms with Crippen molar-refractivity contribution in [2.75, 3.05) is 0 Å². The van der Waals surface area contributed by atoms with E-state index in [2.05, 4.69) is 15.9 Å². The summed E-state index contributed by atoms with van der Waals surface area (Å²) < 4.78 is 39.6. The molecular weight excluding hydrogens is 321 g/mol. The SMILES string of the molecule is OC(Cc1cc(F)cc(F)c1)c1ccc(Br)c(F)c1. The maximum atomic E-state index is 13.3. The fraction of sp³-hybridized carbons (Fsp3) is 0.143. The Balaban J connectivity index is 2.20. The quantitative estimate of drug-likeness (QED) is 0.896. The summed E-state index contributed by atoms with van der Waals surface area (Å²) in [7, 11) is 0. The smallest absolute Gasteiger partial charge is 0.137 e. The Morgan fingerprint density at radius 1 is 1.00 bits per heavy atom. The van der Waals surface area contributed by atoms with Crippen molar-refractivity contribution in [2.45, 2.75) is 12.5 Å². The van der Waals surface area contributed by atoms with E-state index in [-0.39, 0.29) is 6.42 Å². The van der Waals surface area contributed by atoms with Crippen LogP contribution in [0.2, 0.25) is 0 Å². The van der Waals surface area contributed by atoms with Gasteiger partial charge in [0.1, 0.15) is 17.5 Å². The molecule has 0 amide bonds. The van der Waals surface area contributed by atoms with E-state index in [4.69, 9.17) is 0 Å². The van der Waals surface area contributed by atoms with E-state index in [1.807, 2.05) is 0 Å². The van der Waals surface area contributed by atoms with Gasteiger partial charge in [-0.15, -0.1) is 0 Å². The molecule has 1 unspecified atom stereocenters. The predicted octanol–water partition coefficient (Wildman–Crippen LogP) is 4.14. The van der Waals surface area contributed by atoms with Gasteiger partial charge in [0.05, 0.1) is 10.6 Å². The fourth-order valence-corrected chi connectivity index (χ4v) is 2.04. The molecule has 0 aromatic heterocycles. The molecule has 0 heterocycles. The Morgan fingerprint density at radius 3 is 2.21 bits per heavy atom. The van der Waals surface area contributed by atoms with Gasteiger partial charge in [0.15, 0.2) is 0 Å². The van der Waals surface area contributed by atoms with Crippen molar-refractivity contribution >= 4 is 15.9 Å². The van der Waals surface area contributed by atoms with Gasteiger partial charge >= 0.3 is 0 Å². The highest BCUT2D eigenvalue weighted by molar-refractivity contribution is 9.10. The lowest BCUT2D eigenvalue weighted by Gasteiger charge is -2.12. The molecule has 0 bridgehead atoms. The van der Waals surface area contributed by atoms with Crippen LogP contribution in [0, 0.1) is 17.5 Å². The second-order valence-electron chi connectivity index (χ2n) is 4.17. The first-order valence-corrected chi connectivity index (χ1v) is 6.33. The fourth-order valence-electron chi connectivity index (χ4n) is 1.79. The van der Waals surface area contributed by atoms with Crippen LogP contribution in [0.15, 0.2) is 40.9 Å². The molecule has 2 aromatic rings. The summed E-state index contributed by atoms with van der Waals surface area (Å²) in [6, 6.07) is 7.25. The second kappa shape index (κ2) is 5.75. The zero-order chi connectivity index (χ0) is 14.0. The van der Waals surface area contributed by atoms with Gasteiger partial charge in [0.2, 0.25) is 0 Å². The molecule has 0 saturated heterocycles. The van der Waals surface area contributed by atoms with E-state index in [1.165, 1.54) is 12.1 Å². The van der Waals surface area contributed by atoms with Gasteiger partial charge in [-0.25, -0.2) is 13.2 Å². The number of benzene rings is 2. The van der Waals surface area contributed by atoms with Crippen LogP contribution in [0.3, 0.4) is 0 Å². The normalized spacial score (nSPS) is 12.5. The molecule has 0 saturated carbocycles. The van der Waals surface area contributed by atoms with E-state index in [9.17, 15) is 18.3 Å². The van der Waals surface area contributed by atoms with E-state index in [0.717, 1.165) is 18.2 Å². The van der Waals surface area contributed by atoms with Crippen molar-refractivity contribution in [3.8, 4) is 0 Å². The summed E-state index contributed by atoms with van der Waals surface area (Å²) in [5.74, 6) is -1.91. The lowest BCUT2D eigenvalue weighted by molar-refractivity contribution is 0.178. The van der Waals surface area contributed by atoms with Crippen LogP contribution in [0.4, 0.5) is 13.2 Å². The summed E-state index contributed by atoms with van der Waals surface area (Å²) in [6.07, 6.45) is -1.01. The number of hydrogen-bond acceptors (Lipinski definition) is 1. The predicted molar refractivity (Wildman–Crippen MR) is 69.1 cm³/mol. The van der Waals surface area contributed by atoms with Gasteiger partial charge in [-0.05, 0) is 51.3 Å². The average molecular weight is 331 g/mol. The van der Waals surface area contributed by atoms with Crippen molar-refractivity contribution in [1.29, 1.82) is 0 Å². The second-order valence-corrected chi connectivity index (χ2v) is 5.03. The van der Waals surface area contributed by atoms with Crippen LogP contribution < -0.4 is 0 Å². The topological polar surface area (TPSA) is 20.2 Å². The van der Waals surface area contributed by atoms with Gasteiger partial charge in [-0.3, -0.25) is 0 Å². The molecule has 1 atom stereocenters. The average Bonchev–Trinajstić information content (AvgIpc) is 2.31. The van der Waals surface area contributed by atoms with Gasteiger partial charge in [-0.1, -0.05) is 6.07 Å². The zero-order valence-electron chi connectivity index (χ0n) is 9.71. The largest absolute Gasteiger partial charge is 0.388 e. The molecule has 1 nitrogen and oxygen atoms in total. The highest BCUT2D eigenvalue weighted by Crippen LogP contribution is 2.23. The molecule has 0 aliphatic rings. The monoisotopic (exact) mass is 330 g/mol. The molecule has 19 heavy (non-hydrogen) atoms. The number of halogens is 4. The Hall–Kier alpha value is -1.33.